The molecule has 2 aromatic carbocycles. The number of nitrogens with zero attached hydrogens (tertiary/aromatic N) is 3. The topological polar surface area (TPSA) is 82.4 Å². The SMILES string of the molecule is CCOC(=O)C1=C(C)N=c2s/c(=C/c3ccc(N(CC)CC)cc3OC)c(=O)n2[C@H]1c1ccccc1OC(C)C. The molecule has 3 aromatic rings. The van der Waals surface area contributed by atoms with E-state index >= 15 is 0 Å². The zero-order valence-corrected chi connectivity index (χ0v) is 25.0. The van der Waals surface area contributed by atoms with Crippen molar-refractivity contribution < 1.29 is 19.0 Å². The number of benzene rings is 2. The Kier molecular flexibility index (Phi) is 9.14. The molecule has 2 heterocycles. The monoisotopic (exact) mass is 563 g/mol. The van der Waals surface area contributed by atoms with E-state index in [9.17, 15) is 9.59 Å². The molecule has 0 saturated carbocycles. The molecule has 8 nitrogen and oxygen atoms in total. The first-order chi connectivity index (χ1) is 19.2. The fourth-order valence-electron chi connectivity index (χ4n) is 4.90. The molecule has 0 saturated heterocycles. The molecular formula is C31H37N3O5S. The Morgan fingerprint density at radius 3 is 2.50 bits per heavy atom. The van der Waals surface area contributed by atoms with Gasteiger partial charge < -0.3 is 19.1 Å². The van der Waals surface area contributed by atoms with E-state index in [0.717, 1.165) is 24.3 Å². The van der Waals surface area contributed by atoms with Crippen LogP contribution >= 0.6 is 11.3 Å². The summed E-state index contributed by atoms with van der Waals surface area (Å²) in [7, 11) is 1.63. The Bertz CT molecular complexity index is 1600. The molecule has 0 N–H and O–H groups in total. The van der Waals surface area contributed by atoms with Crippen molar-refractivity contribution in [1.82, 2.24) is 4.57 Å². The third kappa shape index (κ3) is 5.70. The number of allylic oxidation sites excluding steroid dienone is 1. The van der Waals surface area contributed by atoms with Gasteiger partial charge >= 0.3 is 5.97 Å². The van der Waals surface area contributed by atoms with Gasteiger partial charge in [-0.05, 0) is 65.8 Å². The normalized spacial score (nSPS) is 15.1. The second kappa shape index (κ2) is 12.6. The fraction of sp³-hybridized carbons (Fsp3) is 0.387. The quantitative estimate of drug-likeness (QED) is 0.339. The number of hydrogen-bond donors (Lipinski definition) is 0. The number of aromatic nitrogens is 1. The Hall–Kier alpha value is -3.85. The number of carbonyl (C=O) groups is 1. The fourth-order valence-corrected chi connectivity index (χ4v) is 5.94. The minimum absolute atomic E-state index is 0.0973. The summed E-state index contributed by atoms with van der Waals surface area (Å²) in [4.78, 5) is 34.7. The molecule has 40 heavy (non-hydrogen) atoms. The number of carbonyl (C=O) groups excluding carboxylic acids is 1. The summed E-state index contributed by atoms with van der Waals surface area (Å²) >= 11 is 1.28. The minimum atomic E-state index is -0.751. The van der Waals surface area contributed by atoms with Gasteiger partial charge in [0.2, 0.25) is 0 Å². The zero-order chi connectivity index (χ0) is 29.0. The highest BCUT2D eigenvalue weighted by Gasteiger charge is 2.35. The third-order valence-corrected chi connectivity index (χ3v) is 7.71. The largest absolute Gasteiger partial charge is 0.496 e. The molecule has 9 heteroatoms. The molecule has 0 spiro atoms. The van der Waals surface area contributed by atoms with Crippen molar-refractivity contribution in [2.75, 3.05) is 31.7 Å². The van der Waals surface area contributed by atoms with Crippen LogP contribution in [0.5, 0.6) is 11.5 Å². The van der Waals surface area contributed by atoms with Gasteiger partial charge in [-0.1, -0.05) is 29.5 Å². The van der Waals surface area contributed by atoms with Crippen molar-refractivity contribution in [2.45, 2.75) is 53.7 Å². The van der Waals surface area contributed by atoms with Gasteiger partial charge in [0.05, 0.1) is 35.6 Å². The van der Waals surface area contributed by atoms with Gasteiger partial charge in [0.1, 0.15) is 17.5 Å². The number of hydrogen-bond acceptors (Lipinski definition) is 8. The summed E-state index contributed by atoms with van der Waals surface area (Å²) < 4.78 is 19.3. The van der Waals surface area contributed by atoms with E-state index in [0.29, 0.717) is 37.7 Å². The highest BCUT2D eigenvalue weighted by molar-refractivity contribution is 7.07. The summed E-state index contributed by atoms with van der Waals surface area (Å²) in [6, 6.07) is 12.7. The molecule has 0 bridgehead atoms. The average Bonchev–Trinajstić information content (AvgIpc) is 3.23. The Balaban J connectivity index is 1.94. The number of rotatable bonds is 10. The van der Waals surface area contributed by atoms with Crippen molar-refractivity contribution >= 4 is 29.1 Å². The van der Waals surface area contributed by atoms with E-state index in [1.807, 2.05) is 62.4 Å². The van der Waals surface area contributed by atoms with Gasteiger partial charge in [-0.3, -0.25) is 9.36 Å². The van der Waals surface area contributed by atoms with Crippen LogP contribution < -0.4 is 29.3 Å². The first-order valence-corrected chi connectivity index (χ1v) is 14.4. The van der Waals surface area contributed by atoms with Crippen LogP contribution in [-0.4, -0.2) is 43.4 Å². The van der Waals surface area contributed by atoms with Crippen LogP contribution in [0.4, 0.5) is 5.69 Å². The van der Waals surface area contributed by atoms with E-state index < -0.39 is 12.0 Å². The second-order valence-corrected chi connectivity index (χ2v) is 10.6. The summed E-state index contributed by atoms with van der Waals surface area (Å²) in [6.45, 7) is 13.6. The minimum Gasteiger partial charge on any atom is -0.496 e. The standard InChI is InChI=1S/C31H37N3O5S/c1-8-33(9-2)22-16-15-21(25(18-22)37-7)17-26-29(35)34-28(23-13-11-12-14-24(23)39-19(4)5)27(30(36)38-10-3)20(6)32-31(34)40-26/h11-19,28H,8-10H2,1-7H3/b26-17+/t28-/m0/s1. The van der Waals surface area contributed by atoms with Crippen LogP contribution in [0.2, 0.25) is 0 Å². The molecular weight excluding hydrogens is 526 g/mol. The van der Waals surface area contributed by atoms with Gasteiger partial charge in [-0.15, -0.1) is 0 Å². The molecule has 0 radical (unpaired) electrons. The maximum Gasteiger partial charge on any atom is 0.338 e. The molecule has 0 fully saturated rings. The van der Waals surface area contributed by atoms with Crippen molar-refractivity contribution in [3.63, 3.8) is 0 Å². The average molecular weight is 564 g/mol. The van der Waals surface area contributed by atoms with E-state index in [1.165, 1.54) is 11.3 Å². The lowest BCUT2D eigenvalue weighted by Gasteiger charge is -2.26. The van der Waals surface area contributed by atoms with E-state index in [2.05, 4.69) is 23.7 Å². The lowest BCUT2D eigenvalue weighted by atomic mass is 9.95. The molecule has 1 aromatic heterocycles. The summed E-state index contributed by atoms with van der Waals surface area (Å²) in [5.41, 5.74) is 3.11. The number of esters is 1. The first kappa shape index (κ1) is 29.1. The highest BCUT2D eigenvalue weighted by atomic mass is 32.1. The van der Waals surface area contributed by atoms with E-state index in [-0.39, 0.29) is 18.3 Å². The maximum atomic E-state index is 14.1. The maximum absolute atomic E-state index is 14.1. The number of methoxy groups -OCH3 is 1. The number of ether oxygens (including phenoxy) is 3. The molecule has 212 valence electrons. The Morgan fingerprint density at radius 1 is 1.12 bits per heavy atom. The predicted octanol–water partition coefficient (Wildman–Crippen LogP) is 4.44. The van der Waals surface area contributed by atoms with Crippen molar-refractivity contribution in [3.8, 4) is 11.5 Å². The summed E-state index contributed by atoms with van der Waals surface area (Å²) in [5, 5.41) is 0. The predicted molar refractivity (Wildman–Crippen MR) is 159 cm³/mol. The molecule has 1 atom stereocenters. The van der Waals surface area contributed by atoms with Crippen molar-refractivity contribution in [2.24, 2.45) is 4.99 Å². The van der Waals surface area contributed by atoms with Crippen LogP contribution in [0.25, 0.3) is 6.08 Å². The van der Waals surface area contributed by atoms with E-state index in [1.54, 1.807) is 25.5 Å². The summed E-state index contributed by atoms with van der Waals surface area (Å²) in [6.07, 6.45) is 1.73. The van der Waals surface area contributed by atoms with Gasteiger partial charge in [0.25, 0.3) is 5.56 Å². The molecule has 1 aliphatic heterocycles. The second-order valence-electron chi connectivity index (χ2n) is 9.61. The number of anilines is 1. The highest BCUT2D eigenvalue weighted by Crippen LogP contribution is 2.36. The lowest BCUT2D eigenvalue weighted by molar-refractivity contribution is -0.139. The zero-order valence-electron chi connectivity index (χ0n) is 24.2. The molecule has 0 unspecified atom stereocenters. The first-order valence-electron chi connectivity index (χ1n) is 13.6. The van der Waals surface area contributed by atoms with E-state index in [4.69, 9.17) is 14.2 Å². The Morgan fingerprint density at radius 2 is 1.85 bits per heavy atom. The van der Waals surface area contributed by atoms with Crippen LogP contribution in [0, 0.1) is 0 Å². The molecule has 0 aliphatic carbocycles. The molecule has 1 aliphatic rings. The van der Waals surface area contributed by atoms with Gasteiger partial charge in [0, 0.05) is 36.0 Å². The van der Waals surface area contributed by atoms with Crippen molar-refractivity contribution in [1.29, 1.82) is 0 Å². The van der Waals surface area contributed by atoms with Crippen LogP contribution in [0.1, 0.15) is 58.7 Å². The van der Waals surface area contributed by atoms with Crippen molar-refractivity contribution in [3.05, 3.63) is 84.5 Å². The number of para-hydroxylation sites is 1. The van der Waals surface area contributed by atoms with Crippen LogP contribution in [-0.2, 0) is 9.53 Å². The number of thiazole rings is 1. The third-order valence-electron chi connectivity index (χ3n) is 6.73. The molecule has 0 amide bonds. The smallest absolute Gasteiger partial charge is 0.338 e. The van der Waals surface area contributed by atoms with Crippen LogP contribution in [0.3, 0.4) is 0 Å². The lowest BCUT2D eigenvalue weighted by Crippen LogP contribution is -2.40. The number of fused-ring (bicyclic) bond motifs is 1. The van der Waals surface area contributed by atoms with Gasteiger partial charge in [-0.25, -0.2) is 9.79 Å². The van der Waals surface area contributed by atoms with Crippen LogP contribution in [0.15, 0.2) is 63.5 Å². The van der Waals surface area contributed by atoms with Gasteiger partial charge in [-0.2, -0.15) is 0 Å². The Labute approximate surface area is 238 Å². The summed E-state index contributed by atoms with van der Waals surface area (Å²) in [5.74, 6) is 0.768. The molecule has 4 rings (SSSR count). The van der Waals surface area contributed by atoms with Gasteiger partial charge in [0.15, 0.2) is 4.80 Å².